The Morgan fingerprint density at radius 2 is 1.04 bits per heavy atom. The first kappa shape index (κ1) is 24.4. The molecule has 0 fully saturated rings. The molecule has 0 aromatic rings. The van der Waals surface area contributed by atoms with Gasteiger partial charge in [-0.3, -0.25) is 4.79 Å². The summed E-state index contributed by atoms with van der Waals surface area (Å²) in [6, 6.07) is 0. The molecule has 0 radical (unpaired) electrons. The summed E-state index contributed by atoms with van der Waals surface area (Å²) in [5.41, 5.74) is 0. The predicted molar refractivity (Wildman–Crippen MR) is 115 cm³/mol. The molecule has 0 aliphatic heterocycles. The van der Waals surface area contributed by atoms with E-state index in [1.807, 2.05) is 24.3 Å². The van der Waals surface area contributed by atoms with Gasteiger partial charge in [-0.15, -0.1) is 0 Å². The SMILES string of the molecule is CCCCCCCCCCC\C=C/C=C/C=C/C=C\CCCCC(=O)O. The van der Waals surface area contributed by atoms with Crippen LogP contribution in [-0.4, -0.2) is 11.1 Å². The molecule has 0 rings (SSSR count). The summed E-state index contributed by atoms with van der Waals surface area (Å²) >= 11 is 0. The first-order valence-corrected chi connectivity index (χ1v) is 10.6. The van der Waals surface area contributed by atoms with Crippen molar-refractivity contribution in [3.63, 3.8) is 0 Å². The van der Waals surface area contributed by atoms with Crippen molar-refractivity contribution in [1.29, 1.82) is 0 Å². The third-order valence-corrected chi connectivity index (χ3v) is 4.31. The van der Waals surface area contributed by atoms with Crippen molar-refractivity contribution in [1.82, 2.24) is 0 Å². The maximum Gasteiger partial charge on any atom is 0.303 e. The fraction of sp³-hybridized carbons (Fsp3) is 0.625. The summed E-state index contributed by atoms with van der Waals surface area (Å²) in [7, 11) is 0. The first-order valence-electron chi connectivity index (χ1n) is 10.6. The largest absolute Gasteiger partial charge is 0.481 e. The van der Waals surface area contributed by atoms with E-state index in [0.717, 1.165) is 19.3 Å². The van der Waals surface area contributed by atoms with Gasteiger partial charge < -0.3 is 5.11 Å². The van der Waals surface area contributed by atoms with Gasteiger partial charge in [0.25, 0.3) is 0 Å². The molecule has 0 amide bonds. The van der Waals surface area contributed by atoms with E-state index >= 15 is 0 Å². The van der Waals surface area contributed by atoms with Gasteiger partial charge >= 0.3 is 5.97 Å². The number of unbranched alkanes of at least 4 members (excludes halogenated alkanes) is 11. The van der Waals surface area contributed by atoms with Gasteiger partial charge in [-0.1, -0.05) is 107 Å². The average Bonchev–Trinajstić information content (AvgIpc) is 2.62. The Bertz CT molecular complexity index is 416. The Hall–Kier alpha value is -1.57. The van der Waals surface area contributed by atoms with E-state index in [2.05, 4.69) is 31.2 Å². The van der Waals surface area contributed by atoms with Gasteiger partial charge in [0.05, 0.1) is 0 Å². The van der Waals surface area contributed by atoms with E-state index in [1.54, 1.807) is 0 Å². The fourth-order valence-corrected chi connectivity index (χ4v) is 2.72. The van der Waals surface area contributed by atoms with Crippen LogP contribution in [0.25, 0.3) is 0 Å². The lowest BCUT2D eigenvalue weighted by Crippen LogP contribution is -1.92. The van der Waals surface area contributed by atoms with Gasteiger partial charge in [0, 0.05) is 6.42 Å². The number of carbonyl (C=O) groups is 1. The summed E-state index contributed by atoms with van der Waals surface area (Å²) in [6.07, 6.45) is 33.2. The Kier molecular flexibility index (Phi) is 20.2. The van der Waals surface area contributed by atoms with Gasteiger partial charge in [0.2, 0.25) is 0 Å². The van der Waals surface area contributed by atoms with Crippen LogP contribution in [0.15, 0.2) is 48.6 Å². The van der Waals surface area contributed by atoms with Crippen LogP contribution < -0.4 is 0 Å². The minimum absolute atomic E-state index is 0.276. The van der Waals surface area contributed by atoms with Crippen molar-refractivity contribution in [3.05, 3.63) is 48.6 Å². The van der Waals surface area contributed by atoms with E-state index in [-0.39, 0.29) is 6.42 Å². The molecule has 0 spiro atoms. The molecule has 0 aromatic heterocycles. The van der Waals surface area contributed by atoms with Crippen LogP contribution in [0.3, 0.4) is 0 Å². The van der Waals surface area contributed by atoms with E-state index in [0.29, 0.717) is 0 Å². The third-order valence-electron chi connectivity index (χ3n) is 4.31. The lowest BCUT2D eigenvalue weighted by atomic mass is 10.1. The van der Waals surface area contributed by atoms with Gasteiger partial charge in [0.15, 0.2) is 0 Å². The summed E-state index contributed by atoms with van der Waals surface area (Å²) in [5, 5.41) is 8.53. The number of carboxylic acids is 1. The highest BCUT2D eigenvalue weighted by Crippen LogP contribution is 2.10. The molecule has 148 valence electrons. The second-order valence-corrected chi connectivity index (χ2v) is 6.88. The van der Waals surface area contributed by atoms with Crippen LogP contribution >= 0.6 is 0 Å². The summed E-state index contributed by atoms with van der Waals surface area (Å²) in [5.74, 6) is -0.704. The molecule has 0 unspecified atom stereocenters. The first-order chi connectivity index (χ1) is 12.8. The Labute approximate surface area is 161 Å². The topological polar surface area (TPSA) is 37.3 Å². The third kappa shape index (κ3) is 22.4. The number of carboxylic acid groups (broad SMARTS) is 1. The maximum absolute atomic E-state index is 10.4. The molecule has 0 aliphatic rings. The molecular formula is C24H40O2. The van der Waals surface area contributed by atoms with Gasteiger partial charge in [-0.2, -0.15) is 0 Å². The molecule has 0 atom stereocenters. The van der Waals surface area contributed by atoms with E-state index in [1.165, 1.54) is 64.2 Å². The maximum atomic E-state index is 10.4. The van der Waals surface area contributed by atoms with Crippen LogP contribution in [0.5, 0.6) is 0 Å². The zero-order valence-corrected chi connectivity index (χ0v) is 16.9. The van der Waals surface area contributed by atoms with Crippen molar-refractivity contribution in [2.75, 3.05) is 0 Å². The normalized spacial score (nSPS) is 12.3. The van der Waals surface area contributed by atoms with Crippen LogP contribution in [0, 0.1) is 0 Å². The second-order valence-electron chi connectivity index (χ2n) is 6.88. The van der Waals surface area contributed by atoms with Crippen molar-refractivity contribution >= 4 is 5.97 Å². The zero-order valence-electron chi connectivity index (χ0n) is 16.9. The lowest BCUT2D eigenvalue weighted by molar-refractivity contribution is -0.137. The van der Waals surface area contributed by atoms with E-state index < -0.39 is 5.97 Å². The Balaban J connectivity index is 3.38. The number of hydrogen-bond acceptors (Lipinski definition) is 1. The number of allylic oxidation sites excluding steroid dienone is 8. The molecule has 0 bridgehead atoms. The fourth-order valence-electron chi connectivity index (χ4n) is 2.72. The lowest BCUT2D eigenvalue weighted by Gasteiger charge is -2.00. The van der Waals surface area contributed by atoms with Crippen LogP contribution in [0.1, 0.15) is 96.8 Å². The van der Waals surface area contributed by atoms with Crippen molar-refractivity contribution in [3.8, 4) is 0 Å². The van der Waals surface area contributed by atoms with E-state index in [9.17, 15) is 4.79 Å². The van der Waals surface area contributed by atoms with Crippen molar-refractivity contribution in [2.24, 2.45) is 0 Å². The van der Waals surface area contributed by atoms with Crippen LogP contribution in [-0.2, 0) is 4.79 Å². The highest BCUT2D eigenvalue weighted by Gasteiger charge is 1.93. The summed E-state index contributed by atoms with van der Waals surface area (Å²) in [4.78, 5) is 10.4. The minimum atomic E-state index is -0.704. The molecule has 0 aliphatic carbocycles. The smallest absolute Gasteiger partial charge is 0.303 e. The van der Waals surface area contributed by atoms with Crippen molar-refractivity contribution in [2.45, 2.75) is 96.8 Å². The van der Waals surface area contributed by atoms with Gasteiger partial charge in [0.1, 0.15) is 0 Å². The quantitative estimate of drug-likeness (QED) is 0.200. The average molecular weight is 361 g/mol. The van der Waals surface area contributed by atoms with Crippen LogP contribution in [0.4, 0.5) is 0 Å². The standard InChI is InChI=1S/C24H40O2/c1-2-3-4-5-6-7-8-9-10-11-12-13-14-15-16-17-18-19-20-21-22-23-24(25)26/h12-19H,2-11,20-23H2,1H3,(H,25,26)/b13-12-,15-14+,17-16+,19-18-. The molecule has 0 saturated heterocycles. The number of hydrogen-bond donors (Lipinski definition) is 1. The van der Waals surface area contributed by atoms with E-state index in [4.69, 9.17) is 5.11 Å². The van der Waals surface area contributed by atoms with Crippen molar-refractivity contribution < 1.29 is 9.90 Å². The van der Waals surface area contributed by atoms with Gasteiger partial charge in [-0.25, -0.2) is 0 Å². The summed E-state index contributed by atoms with van der Waals surface area (Å²) < 4.78 is 0. The predicted octanol–water partition coefficient (Wildman–Crippen LogP) is 7.78. The highest BCUT2D eigenvalue weighted by atomic mass is 16.4. The molecule has 26 heavy (non-hydrogen) atoms. The second kappa shape index (κ2) is 21.5. The highest BCUT2D eigenvalue weighted by molar-refractivity contribution is 5.66. The molecule has 0 heterocycles. The molecule has 2 heteroatoms. The zero-order chi connectivity index (χ0) is 19.1. The molecule has 2 nitrogen and oxygen atoms in total. The molecule has 0 aromatic carbocycles. The molecular weight excluding hydrogens is 320 g/mol. The number of rotatable bonds is 18. The van der Waals surface area contributed by atoms with Gasteiger partial charge in [-0.05, 0) is 32.1 Å². The summed E-state index contributed by atoms with van der Waals surface area (Å²) in [6.45, 7) is 2.27. The minimum Gasteiger partial charge on any atom is -0.481 e. The molecule has 1 N–H and O–H groups in total. The van der Waals surface area contributed by atoms with Crippen LogP contribution in [0.2, 0.25) is 0 Å². The number of aliphatic carboxylic acids is 1. The molecule has 0 saturated carbocycles. The monoisotopic (exact) mass is 360 g/mol. The Morgan fingerprint density at radius 3 is 1.54 bits per heavy atom. The Morgan fingerprint density at radius 1 is 0.615 bits per heavy atom.